The summed E-state index contributed by atoms with van der Waals surface area (Å²) in [6.45, 7) is 3.64. The molecule has 4 heteroatoms. The first kappa shape index (κ1) is 8.77. The topological polar surface area (TPSA) is 55.1 Å². The van der Waals surface area contributed by atoms with E-state index in [0.717, 1.165) is 0 Å². The summed E-state index contributed by atoms with van der Waals surface area (Å²) in [5.74, 6) is -0.824. The van der Waals surface area contributed by atoms with E-state index in [0.29, 0.717) is 0 Å². The third-order valence-electron chi connectivity index (χ3n) is 1.66. The molecular formula is C8H11N2O2. The molecule has 1 aromatic heterocycles. The van der Waals surface area contributed by atoms with E-state index in [1.807, 2.05) is 13.8 Å². The molecule has 12 heavy (non-hydrogen) atoms. The van der Waals surface area contributed by atoms with Crippen molar-refractivity contribution in [3.8, 4) is 0 Å². The van der Waals surface area contributed by atoms with Gasteiger partial charge in [-0.05, 0) is 13.8 Å². The van der Waals surface area contributed by atoms with Crippen molar-refractivity contribution in [2.75, 3.05) is 0 Å². The molecule has 0 saturated heterocycles. The maximum absolute atomic E-state index is 10.5. The van der Waals surface area contributed by atoms with Crippen LogP contribution in [0.4, 0.5) is 0 Å². The van der Waals surface area contributed by atoms with Crippen LogP contribution >= 0.6 is 0 Å². The number of carboxylic acid groups (broad SMARTS) is 1. The summed E-state index contributed by atoms with van der Waals surface area (Å²) in [6, 6.07) is 2.77. The van der Waals surface area contributed by atoms with Gasteiger partial charge in [0.25, 0.3) is 0 Å². The molecule has 0 fully saturated rings. The second-order valence-corrected chi connectivity index (χ2v) is 3.27. The van der Waals surface area contributed by atoms with Crippen LogP contribution in [0, 0.1) is 6.07 Å². The molecule has 0 aromatic carbocycles. The lowest BCUT2D eigenvalue weighted by atomic mass is 10.0. The van der Waals surface area contributed by atoms with E-state index < -0.39 is 11.5 Å². The number of hydrogen-bond acceptors (Lipinski definition) is 2. The fourth-order valence-corrected chi connectivity index (χ4v) is 1.01. The summed E-state index contributed by atoms with van der Waals surface area (Å²) in [5, 5.41) is 12.5. The van der Waals surface area contributed by atoms with E-state index in [9.17, 15) is 4.79 Å². The SMILES string of the molecule is CC(C)(CC(=O)O)n1c[c]cn1. The Hall–Kier alpha value is -1.32. The number of hydrogen-bond donors (Lipinski definition) is 1. The van der Waals surface area contributed by atoms with Gasteiger partial charge in [0.05, 0.1) is 18.2 Å². The Morgan fingerprint density at radius 1 is 1.75 bits per heavy atom. The Morgan fingerprint density at radius 3 is 2.83 bits per heavy atom. The third-order valence-corrected chi connectivity index (χ3v) is 1.66. The van der Waals surface area contributed by atoms with E-state index in [1.54, 1.807) is 10.9 Å². The highest BCUT2D eigenvalue weighted by Crippen LogP contribution is 2.17. The lowest BCUT2D eigenvalue weighted by Gasteiger charge is -2.22. The number of rotatable bonds is 3. The van der Waals surface area contributed by atoms with Crippen molar-refractivity contribution in [3.05, 3.63) is 18.5 Å². The first-order chi connectivity index (χ1) is 5.52. The van der Waals surface area contributed by atoms with Crippen LogP contribution in [-0.2, 0) is 10.3 Å². The molecule has 1 aromatic rings. The molecule has 1 heterocycles. The van der Waals surface area contributed by atoms with Crippen molar-refractivity contribution < 1.29 is 9.90 Å². The Labute approximate surface area is 70.8 Å². The van der Waals surface area contributed by atoms with Crippen molar-refractivity contribution in [2.24, 2.45) is 0 Å². The van der Waals surface area contributed by atoms with Crippen LogP contribution in [0.2, 0.25) is 0 Å². The van der Waals surface area contributed by atoms with Gasteiger partial charge in [-0.15, -0.1) is 0 Å². The molecule has 1 radical (unpaired) electrons. The average molecular weight is 167 g/mol. The van der Waals surface area contributed by atoms with Crippen LogP contribution in [0.15, 0.2) is 12.4 Å². The number of nitrogens with zero attached hydrogens (tertiary/aromatic N) is 2. The van der Waals surface area contributed by atoms with E-state index in [1.165, 1.54) is 6.20 Å². The van der Waals surface area contributed by atoms with Crippen molar-refractivity contribution in [1.82, 2.24) is 9.78 Å². The van der Waals surface area contributed by atoms with Gasteiger partial charge in [0.1, 0.15) is 0 Å². The van der Waals surface area contributed by atoms with Crippen LogP contribution in [-0.4, -0.2) is 20.9 Å². The predicted molar refractivity (Wildman–Crippen MR) is 42.6 cm³/mol. The molecular weight excluding hydrogens is 156 g/mol. The van der Waals surface area contributed by atoms with Crippen LogP contribution in [0.25, 0.3) is 0 Å². The Morgan fingerprint density at radius 2 is 2.42 bits per heavy atom. The minimum absolute atomic E-state index is 0.0581. The molecule has 0 aliphatic rings. The quantitative estimate of drug-likeness (QED) is 0.727. The first-order valence-corrected chi connectivity index (χ1v) is 3.65. The normalized spacial score (nSPS) is 11.5. The number of aromatic nitrogens is 2. The molecule has 0 saturated carbocycles. The second kappa shape index (κ2) is 2.97. The molecule has 0 bridgehead atoms. The van der Waals surface area contributed by atoms with Crippen molar-refractivity contribution >= 4 is 5.97 Å². The van der Waals surface area contributed by atoms with Gasteiger partial charge in [0.2, 0.25) is 0 Å². The average Bonchev–Trinajstić information content (AvgIpc) is 2.32. The van der Waals surface area contributed by atoms with Crippen LogP contribution in [0.5, 0.6) is 0 Å². The van der Waals surface area contributed by atoms with Gasteiger partial charge in [-0.1, -0.05) is 0 Å². The largest absolute Gasteiger partial charge is 0.481 e. The van der Waals surface area contributed by atoms with Gasteiger partial charge in [-0.25, -0.2) is 0 Å². The molecule has 0 spiro atoms. The first-order valence-electron chi connectivity index (χ1n) is 3.65. The molecule has 0 unspecified atom stereocenters. The van der Waals surface area contributed by atoms with E-state index in [2.05, 4.69) is 11.2 Å². The molecule has 1 rings (SSSR count). The summed E-state index contributed by atoms with van der Waals surface area (Å²) in [6.07, 6.45) is 3.22. The molecule has 65 valence electrons. The van der Waals surface area contributed by atoms with Crippen LogP contribution < -0.4 is 0 Å². The smallest absolute Gasteiger partial charge is 0.305 e. The van der Waals surface area contributed by atoms with E-state index in [-0.39, 0.29) is 6.42 Å². The summed E-state index contributed by atoms with van der Waals surface area (Å²) < 4.78 is 1.60. The van der Waals surface area contributed by atoms with Crippen molar-refractivity contribution in [3.63, 3.8) is 0 Å². The predicted octanol–water partition coefficient (Wildman–Crippen LogP) is 0.893. The molecule has 0 aliphatic carbocycles. The summed E-state index contributed by atoms with van der Waals surface area (Å²) in [5.41, 5.74) is -0.480. The zero-order valence-corrected chi connectivity index (χ0v) is 7.11. The number of carboxylic acids is 1. The fraction of sp³-hybridized carbons (Fsp3) is 0.500. The van der Waals surface area contributed by atoms with Gasteiger partial charge in [-0.2, -0.15) is 5.10 Å². The van der Waals surface area contributed by atoms with Crippen LogP contribution in [0.3, 0.4) is 0 Å². The molecule has 0 aliphatic heterocycles. The highest BCUT2D eigenvalue weighted by atomic mass is 16.4. The molecule has 1 N–H and O–H groups in total. The van der Waals surface area contributed by atoms with Gasteiger partial charge in [-0.3, -0.25) is 9.48 Å². The standard InChI is InChI=1S/C8H11N2O2/c1-8(2,6-7(11)12)10-5-3-4-9-10/h4-5H,6H2,1-2H3,(H,11,12). The minimum atomic E-state index is -0.824. The second-order valence-electron chi connectivity index (χ2n) is 3.27. The fourth-order valence-electron chi connectivity index (χ4n) is 1.01. The van der Waals surface area contributed by atoms with Gasteiger partial charge in [0.15, 0.2) is 0 Å². The lowest BCUT2D eigenvalue weighted by Crippen LogP contribution is -2.29. The molecule has 0 atom stereocenters. The van der Waals surface area contributed by atoms with Crippen LogP contribution in [0.1, 0.15) is 20.3 Å². The monoisotopic (exact) mass is 167 g/mol. The lowest BCUT2D eigenvalue weighted by molar-refractivity contribution is -0.139. The molecule has 4 nitrogen and oxygen atoms in total. The maximum Gasteiger partial charge on any atom is 0.305 e. The third kappa shape index (κ3) is 1.84. The van der Waals surface area contributed by atoms with Crippen molar-refractivity contribution in [2.45, 2.75) is 25.8 Å². The number of carbonyl (C=O) groups is 1. The van der Waals surface area contributed by atoms with Gasteiger partial charge in [0, 0.05) is 12.3 Å². The van der Waals surface area contributed by atoms with E-state index in [4.69, 9.17) is 5.11 Å². The van der Waals surface area contributed by atoms with E-state index >= 15 is 0 Å². The summed E-state index contributed by atoms with van der Waals surface area (Å²) in [4.78, 5) is 10.5. The van der Waals surface area contributed by atoms with Gasteiger partial charge >= 0.3 is 5.97 Å². The van der Waals surface area contributed by atoms with Gasteiger partial charge < -0.3 is 5.11 Å². The zero-order valence-electron chi connectivity index (χ0n) is 7.11. The zero-order chi connectivity index (χ0) is 9.19. The highest BCUT2D eigenvalue weighted by molar-refractivity contribution is 5.67. The molecule has 0 amide bonds. The number of aliphatic carboxylic acids is 1. The Bertz CT molecular complexity index is 265. The Kier molecular flexibility index (Phi) is 2.17. The minimum Gasteiger partial charge on any atom is -0.481 e. The maximum atomic E-state index is 10.5. The Balaban J connectivity index is 2.79. The van der Waals surface area contributed by atoms with Crippen molar-refractivity contribution in [1.29, 1.82) is 0 Å². The summed E-state index contributed by atoms with van der Waals surface area (Å²) >= 11 is 0. The highest BCUT2D eigenvalue weighted by Gasteiger charge is 2.23. The summed E-state index contributed by atoms with van der Waals surface area (Å²) in [7, 11) is 0.